The zero-order valence-electron chi connectivity index (χ0n) is 23.6. The fourth-order valence-corrected chi connectivity index (χ4v) is 5.77. The summed E-state index contributed by atoms with van der Waals surface area (Å²) >= 11 is 3.55. The quantitative estimate of drug-likeness (QED) is 0.102. The van der Waals surface area contributed by atoms with Gasteiger partial charge < -0.3 is 9.29 Å². The number of halogens is 4. The molecule has 0 aliphatic heterocycles. The van der Waals surface area contributed by atoms with Gasteiger partial charge in [-0.25, -0.2) is 0 Å². The van der Waals surface area contributed by atoms with E-state index < -0.39 is 21.2 Å². The SMILES string of the molecule is C/C(=C\CCC1=C(OS(=O)(=O)C(F)(F)F)CCC2=C1CC(C)(C)CC2)CC/C=C(\C)CCC(Br)C(C)(C)O. The third-order valence-electron chi connectivity index (χ3n) is 7.51. The summed E-state index contributed by atoms with van der Waals surface area (Å²) in [5.74, 6) is -0.0421. The Bertz CT molecular complexity index is 1070. The lowest BCUT2D eigenvalue weighted by atomic mass is 9.69. The molecule has 2 aliphatic rings. The molecule has 0 amide bonds. The van der Waals surface area contributed by atoms with Gasteiger partial charge in [0.05, 0.1) is 5.60 Å². The summed E-state index contributed by atoms with van der Waals surface area (Å²) in [5, 5.41) is 10.1. The zero-order valence-corrected chi connectivity index (χ0v) is 26.0. The Morgan fingerprint density at radius 3 is 2.29 bits per heavy atom. The Hall–Kier alpha value is -1.06. The van der Waals surface area contributed by atoms with E-state index in [4.69, 9.17) is 4.18 Å². The second-order valence-electron chi connectivity index (χ2n) is 12.1. The number of allylic oxidation sites excluding steroid dienone is 8. The highest BCUT2D eigenvalue weighted by Crippen LogP contribution is 2.48. The first-order valence-electron chi connectivity index (χ1n) is 13.4. The van der Waals surface area contributed by atoms with Crippen LogP contribution in [0.5, 0.6) is 0 Å². The maximum atomic E-state index is 13.1. The van der Waals surface area contributed by atoms with E-state index in [-0.39, 0.29) is 22.4 Å². The standard InChI is InChI=1S/C29H44BrF3O4S/c1-20(9-7-10-21(2)13-16-26(30)28(5,6)34)11-8-12-23-24-19-27(3,4)18-17-22(24)14-15-25(23)37-38(35,36)29(31,32)33/h10-11,26,34H,7-9,12-19H2,1-6H3/b20-11+,21-10+. The van der Waals surface area contributed by atoms with Crippen LogP contribution in [0.3, 0.4) is 0 Å². The Labute approximate surface area is 235 Å². The third kappa shape index (κ3) is 9.84. The van der Waals surface area contributed by atoms with E-state index in [0.29, 0.717) is 31.3 Å². The summed E-state index contributed by atoms with van der Waals surface area (Å²) in [6.07, 6.45) is 12.2. The summed E-state index contributed by atoms with van der Waals surface area (Å²) in [7, 11) is -5.70. The van der Waals surface area contributed by atoms with Crippen molar-refractivity contribution in [3.63, 3.8) is 0 Å². The van der Waals surface area contributed by atoms with Gasteiger partial charge in [0.15, 0.2) is 0 Å². The van der Waals surface area contributed by atoms with Gasteiger partial charge in [-0.2, -0.15) is 21.6 Å². The van der Waals surface area contributed by atoms with Crippen LogP contribution in [0.1, 0.15) is 112 Å². The van der Waals surface area contributed by atoms with Crippen molar-refractivity contribution in [3.05, 3.63) is 45.8 Å². The molecule has 0 heterocycles. The number of aliphatic hydroxyl groups is 1. The largest absolute Gasteiger partial charge is 0.534 e. The molecule has 0 aromatic carbocycles. The molecular weight excluding hydrogens is 581 g/mol. The van der Waals surface area contributed by atoms with Gasteiger partial charge in [0.1, 0.15) is 5.76 Å². The summed E-state index contributed by atoms with van der Waals surface area (Å²) in [4.78, 5) is 0.0273. The van der Waals surface area contributed by atoms with Crippen molar-refractivity contribution in [2.75, 3.05) is 0 Å². The summed E-state index contributed by atoms with van der Waals surface area (Å²) in [5.41, 5.74) is -0.879. The van der Waals surface area contributed by atoms with Gasteiger partial charge in [-0.05, 0) is 108 Å². The molecule has 9 heteroatoms. The monoisotopic (exact) mass is 624 g/mol. The topological polar surface area (TPSA) is 63.6 Å². The third-order valence-corrected chi connectivity index (χ3v) is 10.1. The molecule has 0 saturated carbocycles. The van der Waals surface area contributed by atoms with Gasteiger partial charge in [0.2, 0.25) is 0 Å². The van der Waals surface area contributed by atoms with Crippen molar-refractivity contribution >= 4 is 26.0 Å². The maximum Gasteiger partial charge on any atom is 0.534 e. The predicted octanol–water partition coefficient (Wildman–Crippen LogP) is 9.17. The van der Waals surface area contributed by atoms with Crippen LogP contribution < -0.4 is 0 Å². The molecule has 0 saturated heterocycles. The first-order chi connectivity index (χ1) is 17.3. The average molecular weight is 626 g/mol. The van der Waals surface area contributed by atoms with E-state index in [9.17, 15) is 26.7 Å². The van der Waals surface area contributed by atoms with Crippen LogP contribution in [-0.4, -0.2) is 29.5 Å². The second-order valence-corrected chi connectivity index (χ2v) is 14.8. The van der Waals surface area contributed by atoms with Crippen molar-refractivity contribution in [3.8, 4) is 0 Å². The predicted molar refractivity (Wildman–Crippen MR) is 151 cm³/mol. The van der Waals surface area contributed by atoms with E-state index in [1.54, 1.807) is 13.8 Å². The molecule has 0 radical (unpaired) electrons. The fraction of sp³-hybridized carbons (Fsp3) is 0.724. The molecule has 0 spiro atoms. The molecule has 38 heavy (non-hydrogen) atoms. The molecule has 2 rings (SSSR count). The summed E-state index contributed by atoms with van der Waals surface area (Å²) in [6.45, 7) is 12.0. The molecule has 0 aromatic heterocycles. The lowest BCUT2D eigenvalue weighted by molar-refractivity contribution is -0.0524. The lowest BCUT2D eigenvalue weighted by Crippen LogP contribution is -2.31. The highest BCUT2D eigenvalue weighted by atomic mass is 79.9. The van der Waals surface area contributed by atoms with Crippen LogP contribution in [0.15, 0.2) is 45.8 Å². The first-order valence-corrected chi connectivity index (χ1v) is 15.8. The van der Waals surface area contributed by atoms with Crippen molar-refractivity contribution in [2.45, 2.75) is 128 Å². The minimum absolute atomic E-state index is 0.00710. The van der Waals surface area contributed by atoms with Crippen LogP contribution in [0.4, 0.5) is 13.2 Å². The van der Waals surface area contributed by atoms with Gasteiger partial charge in [0, 0.05) is 11.2 Å². The molecule has 218 valence electrons. The highest BCUT2D eigenvalue weighted by molar-refractivity contribution is 9.09. The Morgan fingerprint density at radius 2 is 1.68 bits per heavy atom. The minimum Gasteiger partial charge on any atom is -0.389 e. The van der Waals surface area contributed by atoms with Crippen LogP contribution >= 0.6 is 15.9 Å². The van der Waals surface area contributed by atoms with E-state index in [1.165, 1.54) is 16.7 Å². The van der Waals surface area contributed by atoms with E-state index in [1.807, 2.05) is 6.92 Å². The van der Waals surface area contributed by atoms with E-state index in [2.05, 4.69) is 48.9 Å². The molecule has 0 aromatic rings. The molecular formula is C29H44BrF3O4S. The lowest BCUT2D eigenvalue weighted by Gasteiger charge is -2.37. The number of hydrogen-bond donors (Lipinski definition) is 1. The van der Waals surface area contributed by atoms with Gasteiger partial charge in [-0.15, -0.1) is 0 Å². The van der Waals surface area contributed by atoms with Crippen molar-refractivity contribution in [1.82, 2.24) is 0 Å². The zero-order chi connectivity index (χ0) is 28.9. The molecule has 0 fully saturated rings. The molecule has 1 unspecified atom stereocenters. The minimum atomic E-state index is -5.70. The van der Waals surface area contributed by atoms with E-state index >= 15 is 0 Å². The normalized spacial score (nSPS) is 20.5. The van der Waals surface area contributed by atoms with Gasteiger partial charge in [0.25, 0.3) is 0 Å². The first kappa shape index (κ1) is 33.1. The Morgan fingerprint density at radius 1 is 1.08 bits per heavy atom. The summed E-state index contributed by atoms with van der Waals surface area (Å²) in [6, 6.07) is 0. The van der Waals surface area contributed by atoms with Crippen LogP contribution in [0.2, 0.25) is 0 Å². The Balaban J connectivity index is 2.08. The fourth-order valence-electron chi connectivity index (χ4n) is 4.99. The Kier molecular flexibility index (Phi) is 11.4. The van der Waals surface area contributed by atoms with Crippen molar-refractivity contribution in [2.24, 2.45) is 5.41 Å². The maximum absolute atomic E-state index is 13.1. The smallest absolute Gasteiger partial charge is 0.389 e. The number of alkyl halides is 4. The number of hydrogen-bond acceptors (Lipinski definition) is 4. The van der Waals surface area contributed by atoms with Gasteiger partial charge in [-0.3, -0.25) is 0 Å². The van der Waals surface area contributed by atoms with Crippen LogP contribution in [-0.2, 0) is 14.3 Å². The second kappa shape index (κ2) is 13.1. The van der Waals surface area contributed by atoms with Crippen molar-refractivity contribution < 1.29 is 30.9 Å². The van der Waals surface area contributed by atoms with Crippen LogP contribution in [0.25, 0.3) is 0 Å². The molecule has 2 aliphatic carbocycles. The number of rotatable bonds is 12. The highest BCUT2D eigenvalue weighted by Gasteiger charge is 2.49. The van der Waals surface area contributed by atoms with Gasteiger partial charge >= 0.3 is 15.6 Å². The molecule has 1 N–H and O–H groups in total. The van der Waals surface area contributed by atoms with Crippen LogP contribution in [0, 0.1) is 5.41 Å². The average Bonchev–Trinajstić information content (AvgIpc) is 2.76. The summed E-state index contributed by atoms with van der Waals surface area (Å²) < 4.78 is 67.6. The molecule has 0 bridgehead atoms. The van der Waals surface area contributed by atoms with Crippen molar-refractivity contribution in [1.29, 1.82) is 0 Å². The molecule has 1 atom stereocenters. The van der Waals surface area contributed by atoms with Gasteiger partial charge in [-0.1, -0.05) is 58.6 Å². The molecule has 4 nitrogen and oxygen atoms in total. The van der Waals surface area contributed by atoms with E-state index in [0.717, 1.165) is 44.1 Å².